The second kappa shape index (κ2) is 6.93. The Morgan fingerprint density at radius 3 is 2.83 bits per heavy atom. The fraction of sp³-hybridized carbons (Fsp3) is 0.800. The van der Waals surface area contributed by atoms with Crippen LogP contribution in [-0.2, 0) is 13.0 Å². The van der Waals surface area contributed by atoms with Gasteiger partial charge in [0.2, 0.25) is 0 Å². The third-order valence-electron chi connectivity index (χ3n) is 4.32. The van der Waals surface area contributed by atoms with E-state index in [0.717, 1.165) is 18.9 Å². The molecule has 1 aromatic rings. The maximum atomic E-state index is 4.49. The molecular weight excluding hydrogens is 222 g/mol. The van der Waals surface area contributed by atoms with Crippen LogP contribution in [0.15, 0.2) is 12.4 Å². The average Bonchev–Trinajstić information content (AvgIpc) is 2.86. The van der Waals surface area contributed by atoms with E-state index in [1.165, 1.54) is 44.3 Å². The highest BCUT2D eigenvalue weighted by Gasteiger charge is 2.19. The summed E-state index contributed by atoms with van der Waals surface area (Å²) < 4.78 is 2.26. The van der Waals surface area contributed by atoms with Crippen molar-refractivity contribution < 1.29 is 0 Å². The van der Waals surface area contributed by atoms with Crippen molar-refractivity contribution in [3.63, 3.8) is 0 Å². The molecule has 1 unspecified atom stereocenters. The molecule has 1 aliphatic carbocycles. The fourth-order valence-corrected chi connectivity index (χ4v) is 3.17. The molecule has 0 aliphatic heterocycles. The van der Waals surface area contributed by atoms with Crippen molar-refractivity contribution in [2.75, 3.05) is 7.05 Å². The molecule has 1 N–H and O–H groups in total. The summed E-state index contributed by atoms with van der Waals surface area (Å²) in [6, 6.07) is 0.584. The van der Waals surface area contributed by atoms with Gasteiger partial charge in [-0.3, -0.25) is 0 Å². The lowest BCUT2D eigenvalue weighted by Crippen LogP contribution is -2.31. The van der Waals surface area contributed by atoms with E-state index < -0.39 is 0 Å². The van der Waals surface area contributed by atoms with E-state index in [1.54, 1.807) is 0 Å². The molecule has 1 saturated carbocycles. The molecule has 102 valence electrons. The Kier molecular flexibility index (Phi) is 5.24. The second-order valence-electron chi connectivity index (χ2n) is 5.56. The standard InChI is InChI=1S/C15H27N3/c1-3-18-10-9-17-15(18)12-14(16-2)11-13-7-5-4-6-8-13/h9-10,13-14,16H,3-8,11-12H2,1-2H3. The Hall–Kier alpha value is -0.830. The van der Waals surface area contributed by atoms with Gasteiger partial charge in [-0.25, -0.2) is 4.98 Å². The summed E-state index contributed by atoms with van der Waals surface area (Å²) in [5, 5.41) is 3.49. The minimum absolute atomic E-state index is 0.584. The summed E-state index contributed by atoms with van der Waals surface area (Å²) in [6.45, 7) is 3.20. The normalized spacial score (nSPS) is 19.0. The first-order chi connectivity index (χ1) is 8.83. The van der Waals surface area contributed by atoms with Gasteiger partial charge in [0.1, 0.15) is 5.82 Å². The van der Waals surface area contributed by atoms with Crippen LogP contribution >= 0.6 is 0 Å². The molecule has 1 heterocycles. The summed E-state index contributed by atoms with van der Waals surface area (Å²) in [7, 11) is 2.09. The Balaban J connectivity index is 1.88. The van der Waals surface area contributed by atoms with Gasteiger partial charge >= 0.3 is 0 Å². The third-order valence-corrected chi connectivity index (χ3v) is 4.32. The van der Waals surface area contributed by atoms with Crippen molar-refractivity contribution >= 4 is 0 Å². The van der Waals surface area contributed by atoms with E-state index in [2.05, 4.69) is 35.0 Å². The van der Waals surface area contributed by atoms with Crippen LogP contribution in [0.5, 0.6) is 0 Å². The first-order valence-electron chi connectivity index (χ1n) is 7.50. The van der Waals surface area contributed by atoms with Crippen LogP contribution in [0.3, 0.4) is 0 Å². The predicted octanol–water partition coefficient (Wildman–Crippen LogP) is 3.00. The largest absolute Gasteiger partial charge is 0.335 e. The lowest BCUT2D eigenvalue weighted by atomic mass is 9.84. The van der Waals surface area contributed by atoms with Crippen LogP contribution in [-0.4, -0.2) is 22.6 Å². The van der Waals surface area contributed by atoms with E-state index in [0.29, 0.717) is 6.04 Å². The van der Waals surface area contributed by atoms with E-state index in [1.807, 2.05) is 6.20 Å². The van der Waals surface area contributed by atoms with Gasteiger partial charge in [-0.05, 0) is 26.3 Å². The number of aryl methyl sites for hydroxylation is 1. The zero-order valence-corrected chi connectivity index (χ0v) is 11.9. The molecule has 0 bridgehead atoms. The highest BCUT2D eigenvalue weighted by atomic mass is 15.1. The zero-order valence-electron chi connectivity index (χ0n) is 11.9. The molecule has 0 aromatic carbocycles. The van der Waals surface area contributed by atoms with Crippen molar-refractivity contribution in [2.45, 2.75) is 64.5 Å². The van der Waals surface area contributed by atoms with Gasteiger partial charge < -0.3 is 9.88 Å². The molecule has 0 radical (unpaired) electrons. The van der Waals surface area contributed by atoms with Crippen LogP contribution in [0.4, 0.5) is 0 Å². The van der Waals surface area contributed by atoms with Crippen LogP contribution in [0.1, 0.15) is 51.3 Å². The van der Waals surface area contributed by atoms with Gasteiger partial charge in [0.25, 0.3) is 0 Å². The van der Waals surface area contributed by atoms with Crippen molar-refractivity contribution in [3.05, 3.63) is 18.2 Å². The summed E-state index contributed by atoms with van der Waals surface area (Å²) in [5.74, 6) is 2.16. The van der Waals surface area contributed by atoms with Crippen molar-refractivity contribution in [2.24, 2.45) is 5.92 Å². The van der Waals surface area contributed by atoms with E-state index in [9.17, 15) is 0 Å². The number of nitrogens with zero attached hydrogens (tertiary/aromatic N) is 2. The molecule has 3 nitrogen and oxygen atoms in total. The predicted molar refractivity (Wildman–Crippen MR) is 75.6 cm³/mol. The molecule has 0 saturated heterocycles. The first kappa shape index (κ1) is 13.6. The molecule has 18 heavy (non-hydrogen) atoms. The molecule has 1 aromatic heterocycles. The van der Waals surface area contributed by atoms with Crippen LogP contribution in [0, 0.1) is 5.92 Å². The molecule has 1 atom stereocenters. The smallest absolute Gasteiger partial charge is 0.110 e. The Morgan fingerprint density at radius 1 is 1.39 bits per heavy atom. The Bertz CT molecular complexity index is 339. The number of rotatable bonds is 6. The first-order valence-corrected chi connectivity index (χ1v) is 7.50. The lowest BCUT2D eigenvalue weighted by Gasteiger charge is -2.26. The van der Waals surface area contributed by atoms with Crippen LogP contribution in [0.2, 0.25) is 0 Å². The maximum Gasteiger partial charge on any atom is 0.110 e. The number of nitrogens with one attached hydrogen (secondary N) is 1. The molecule has 1 fully saturated rings. The third kappa shape index (κ3) is 3.58. The summed E-state index contributed by atoms with van der Waals surface area (Å²) in [4.78, 5) is 4.49. The molecule has 2 rings (SSSR count). The lowest BCUT2D eigenvalue weighted by molar-refractivity contribution is 0.300. The number of hydrogen-bond acceptors (Lipinski definition) is 2. The number of likely N-dealkylation sites (N-methyl/N-ethyl adjacent to an activating group) is 1. The van der Waals surface area contributed by atoms with Gasteiger partial charge in [-0.15, -0.1) is 0 Å². The molecular formula is C15H27N3. The maximum absolute atomic E-state index is 4.49. The highest BCUT2D eigenvalue weighted by Crippen LogP contribution is 2.27. The fourth-order valence-electron chi connectivity index (χ4n) is 3.17. The van der Waals surface area contributed by atoms with Crippen molar-refractivity contribution in [3.8, 4) is 0 Å². The number of aromatic nitrogens is 2. The molecule has 0 amide bonds. The van der Waals surface area contributed by atoms with Gasteiger partial charge in [0.05, 0.1) is 0 Å². The second-order valence-corrected chi connectivity index (χ2v) is 5.56. The monoisotopic (exact) mass is 249 g/mol. The van der Waals surface area contributed by atoms with E-state index in [4.69, 9.17) is 0 Å². The Morgan fingerprint density at radius 2 is 2.17 bits per heavy atom. The van der Waals surface area contributed by atoms with Crippen LogP contribution in [0.25, 0.3) is 0 Å². The number of hydrogen-bond donors (Lipinski definition) is 1. The molecule has 0 spiro atoms. The summed E-state index contributed by atoms with van der Waals surface area (Å²) in [5.41, 5.74) is 0. The van der Waals surface area contributed by atoms with Gasteiger partial charge in [0, 0.05) is 31.4 Å². The number of imidazole rings is 1. The van der Waals surface area contributed by atoms with E-state index >= 15 is 0 Å². The van der Waals surface area contributed by atoms with E-state index in [-0.39, 0.29) is 0 Å². The van der Waals surface area contributed by atoms with Crippen molar-refractivity contribution in [1.29, 1.82) is 0 Å². The quantitative estimate of drug-likeness (QED) is 0.840. The minimum Gasteiger partial charge on any atom is -0.335 e. The average molecular weight is 249 g/mol. The van der Waals surface area contributed by atoms with Gasteiger partial charge in [-0.1, -0.05) is 32.1 Å². The summed E-state index contributed by atoms with van der Waals surface area (Å²) >= 11 is 0. The topological polar surface area (TPSA) is 29.9 Å². The molecule has 3 heteroatoms. The zero-order chi connectivity index (χ0) is 12.8. The SMILES string of the molecule is CCn1ccnc1CC(CC1CCCCC1)NC. The Labute approximate surface area is 111 Å². The molecule has 1 aliphatic rings. The van der Waals surface area contributed by atoms with Crippen molar-refractivity contribution in [1.82, 2.24) is 14.9 Å². The van der Waals surface area contributed by atoms with Gasteiger partial charge in [0.15, 0.2) is 0 Å². The summed E-state index contributed by atoms with van der Waals surface area (Å²) in [6.07, 6.45) is 13.6. The highest BCUT2D eigenvalue weighted by molar-refractivity contribution is 4.95. The van der Waals surface area contributed by atoms with Gasteiger partial charge in [-0.2, -0.15) is 0 Å². The van der Waals surface area contributed by atoms with Crippen LogP contribution < -0.4 is 5.32 Å². The minimum atomic E-state index is 0.584.